The third-order valence-electron chi connectivity index (χ3n) is 2.29. The maximum Gasteiger partial charge on any atom is 0.336 e. The number of ketones is 1. The van der Waals surface area contributed by atoms with Crippen molar-refractivity contribution >= 4 is 17.7 Å². The maximum atomic E-state index is 11.7. The molecular formula is C12H12O5. The highest BCUT2D eigenvalue weighted by Gasteiger charge is 2.20. The van der Waals surface area contributed by atoms with E-state index in [0.717, 1.165) is 6.07 Å². The Morgan fingerprint density at radius 2 is 1.59 bits per heavy atom. The van der Waals surface area contributed by atoms with Gasteiger partial charge in [0.25, 0.3) is 0 Å². The van der Waals surface area contributed by atoms with Crippen molar-refractivity contribution in [1.29, 1.82) is 0 Å². The van der Waals surface area contributed by atoms with E-state index in [1.807, 2.05) is 0 Å². The van der Waals surface area contributed by atoms with Crippen LogP contribution in [0.5, 0.6) is 0 Å². The third-order valence-corrected chi connectivity index (χ3v) is 2.29. The van der Waals surface area contributed by atoms with Gasteiger partial charge in [0.15, 0.2) is 5.78 Å². The summed E-state index contributed by atoms with van der Waals surface area (Å²) in [5.74, 6) is -3.20. The molecule has 0 aromatic heterocycles. The Hall–Kier alpha value is -2.17. The summed E-state index contributed by atoms with van der Waals surface area (Å²) in [6.45, 7) is 3.30. The molecule has 0 unspecified atom stereocenters. The lowest BCUT2D eigenvalue weighted by molar-refractivity contribution is 0.0690. The molecule has 0 radical (unpaired) electrons. The molecule has 2 N–H and O–H groups in total. The molecule has 5 heteroatoms. The molecule has 90 valence electrons. The van der Waals surface area contributed by atoms with Crippen LogP contribution in [0.1, 0.15) is 44.9 Å². The molecule has 0 saturated heterocycles. The number of rotatable bonds is 4. The van der Waals surface area contributed by atoms with Crippen LogP contribution in [-0.4, -0.2) is 27.9 Å². The van der Waals surface area contributed by atoms with E-state index in [-0.39, 0.29) is 28.4 Å². The van der Waals surface area contributed by atoms with E-state index in [4.69, 9.17) is 10.2 Å². The van der Waals surface area contributed by atoms with E-state index < -0.39 is 11.9 Å². The highest BCUT2D eigenvalue weighted by atomic mass is 16.4. The van der Waals surface area contributed by atoms with Gasteiger partial charge in [0.2, 0.25) is 0 Å². The van der Waals surface area contributed by atoms with Gasteiger partial charge in [-0.3, -0.25) is 4.79 Å². The average Bonchev–Trinajstić information content (AvgIpc) is 2.26. The summed E-state index contributed by atoms with van der Waals surface area (Å²) in [7, 11) is 0. The van der Waals surface area contributed by atoms with Crippen molar-refractivity contribution in [2.45, 2.75) is 13.8 Å². The molecule has 0 saturated carbocycles. The second-order valence-corrected chi connectivity index (χ2v) is 3.89. The molecule has 0 amide bonds. The van der Waals surface area contributed by atoms with Gasteiger partial charge in [-0.25, -0.2) is 9.59 Å². The van der Waals surface area contributed by atoms with Crippen LogP contribution in [0.3, 0.4) is 0 Å². The standard InChI is InChI=1S/C12H12O5/c1-6(2)10(13)8-4-3-7(11(14)15)5-9(8)12(16)17/h3-6H,1-2H3,(H,14,15)(H,16,17). The van der Waals surface area contributed by atoms with Gasteiger partial charge >= 0.3 is 11.9 Å². The SMILES string of the molecule is CC(C)C(=O)c1ccc(C(=O)O)cc1C(=O)O. The van der Waals surface area contributed by atoms with Gasteiger partial charge in [0.05, 0.1) is 11.1 Å². The topological polar surface area (TPSA) is 91.7 Å². The van der Waals surface area contributed by atoms with Crippen LogP contribution in [0.2, 0.25) is 0 Å². The summed E-state index contributed by atoms with van der Waals surface area (Å²) in [5, 5.41) is 17.7. The number of carbonyl (C=O) groups excluding carboxylic acids is 1. The van der Waals surface area contributed by atoms with Crippen LogP contribution in [0, 0.1) is 5.92 Å². The first-order valence-electron chi connectivity index (χ1n) is 4.99. The normalized spacial score (nSPS) is 10.3. The minimum absolute atomic E-state index is 0.0394. The predicted octanol–water partition coefficient (Wildman–Crippen LogP) is 1.92. The van der Waals surface area contributed by atoms with Crippen molar-refractivity contribution in [2.75, 3.05) is 0 Å². The van der Waals surface area contributed by atoms with Crippen LogP contribution in [0.25, 0.3) is 0 Å². The van der Waals surface area contributed by atoms with E-state index in [9.17, 15) is 14.4 Å². The van der Waals surface area contributed by atoms with Crippen molar-refractivity contribution in [3.05, 3.63) is 34.9 Å². The van der Waals surface area contributed by atoms with Gasteiger partial charge in [-0.1, -0.05) is 13.8 Å². The first kappa shape index (κ1) is 12.9. The summed E-state index contributed by atoms with van der Waals surface area (Å²) in [6.07, 6.45) is 0. The van der Waals surface area contributed by atoms with Crippen molar-refractivity contribution < 1.29 is 24.6 Å². The van der Waals surface area contributed by atoms with Crippen LogP contribution >= 0.6 is 0 Å². The van der Waals surface area contributed by atoms with Gasteiger partial charge in [-0.15, -0.1) is 0 Å². The first-order valence-corrected chi connectivity index (χ1v) is 4.99. The van der Waals surface area contributed by atoms with Crippen LogP contribution in [0.4, 0.5) is 0 Å². The van der Waals surface area contributed by atoms with Gasteiger partial charge < -0.3 is 10.2 Å². The number of carbonyl (C=O) groups is 3. The van der Waals surface area contributed by atoms with E-state index >= 15 is 0 Å². The summed E-state index contributed by atoms with van der Waals surface area (Å²) in [5.41, 5.74) is -0.385. The zero-order valence-corrected chi connectivity index (χ0v) is 9.43. The van der Waals surface area contributed by atoms with Gasteiger partial charge in [0, 0.05) is 11.5 Å². The Labute approximate surface area is 97.7 Å². The van der Waals surface area contributed by atoms with E-state index in [2.05, 4.69) is 0 Å². The lowest BCUT2D eigenvalue weighted by Gasteiger charge is -2.08. The number of benzene rings is 1. The Balaban J connectivity index is 3.37. The number of carboxylic acid groups (broad SMARTS) is 2. The molecule has 1 aromatic carbocycles. The first-order chi connectivity index (χ1) is 7.84. The fraction of sp³-hybridized carbons (Fsp3) is 0.250. The molecule has 1 rings (SSSR count). The van der Waals surface area contributed by atoms with E-state index in [0.29, 0.717) is 0 Å². The minimum Gasteiger partial charge on any atom is -0.478 e. The van der Waals surface area contributed by atoms with Crippen molar-refractivity contribution in [3.8, 4) is 0 Å². The van der Waals surface area contributed by atoms with Crippen LogP contribution in [0.15, 0.2) is 18.2 Å². The molecule has 0 aliphatic carbocycles. The molecule has 1 aromatic rings. The molecule has 0 aliphatic heterocycles. The zero-order valence-electron chi connectivity index (χ0n) is 9.43. The second kappa shape index (κ2) is 4.78. The molecule has 0 fully saturated rings. The Bertz CT molecular complexity index is 488. The Morgan fingerprint density at radius 1 is 1.00 bits per heavy atom. The Kier molecular flexibility index (Phi) is 3.62. The van der Waals surface area contributed by atoms with Crippen LogP contribution in [-0.2, 0) is 0 Å². The fourth-order valence-electron chi connectivity index (χ4n) is 1.38. The van der Waals surface area contributed by atoms with Crippen molar-refractivity contribution in [3.63, 3.8) is 0 Å². The lowest BCUT2D eigenvalue weighted by Crippen LogP contribution is -2.14. The molecule has 0 atom stereocenters. The number of hydrogen-bond acceptors (Lipinski definition) is 3. The molecule has 0 aliphatic rings. The number of Topliss-reactive ketones (excluding diaryl/α,β-unsaturated/α-hetero) is 1. The van der Waals surface area contributed by atoms with Crippen LogP contribution < -0.4 is 0 Å². The summed E-state index contributed by atoms with van der Waals surface area (Å²) < 4.78 is 0. The quantitative estimate of drug-likeness (QED) is 0.779. The minimum atomic E-state index is -1.31. The molecule has 0 bridgehead atoms. The fourth-order valence-corrected chi connectivity index (χ4v) is 1.38. The van der Waals surface area contributed by atoms with E-state index in [1.54, 1.807) is 13.8 Å². The number of carboxylic acids is 2. The van der Waals surface area contributed by atoms with Gasteiger partial charge in [-0.2, -0.15) is 0 Å². The zero-order chi connectivity index (χ0) is 13.2. The highest BCUT2D eigenvalue weighted by Crippen LogP contribution is 2.16. The summed E-state index contributed by atoms with van der Waals surface area (Å²) in [6, 6.07) is 3.47. The molecular weight excluding hydrogens is 224 g/mol. The smallest absolute Gasteiger partial charge is 0.336 e. The molecule has 5 nitrogen and oxygen atoms in total. The summed E-state index contributed by atoms with van der Waals surface area (Å²) in [4.78, 5) is 33.4. The van der Waals surface area contributed by atoms with E-state index in [1.165, 1.54) is 12.1 Å². The molecule has 17 heavy (non-hydrogen) atoms. The number of hydrogen-bond donors (Lipinski definition) is 2. The lowest BCUT2D eigenvalue weighted by atomic mass is 9.95. The largest absolute Gasteiger partial charge is 0.478 e. The second-order valence-electron chi connectivity index (χ2n) is 3.89. The maximum absolute atomic E-state index is 11.7. The Morgan fingerprint density at radius 3 is 2.00 bits per heavy atom. The average molecular weight is 236 g/mol. The molecule has 0 spiro atoms. The highest BCUT2D eigenvalue weighted by molar-refractivity contribution is 6.07. The monoisotopic (exact) mass is 236 g/mol. The van der Waals surface area contributed by atoms with Gasteiger partial charge in [0.1, 0.15) is 0 Å². The van der Waals surface area contributed by atoms with Gasteiger partial charge in [-0.05, 0) is 18.2 Å². The summed E-state index contributed by atoms with van der Waals surface area (Å²) >= 11 is 0. The predicted molar refractivity (Wildman–Crippen MR) is 59.5 cm³/mol. The third kappa shape index (κ3) is 2.69. The molecule has 0 heterocycles. The van der Waals surface area contributed by atoms with Crippen molar-refractivity contribution in [2.24, 2.45) is 5.92 Å². The number of aromatic carboxylic acids is 2. The van der Waals surface area contributed by atoms with Crippen molar-refractivity contribution in [1.82, 2.24) is 0 Å².